The fraction of sp³-hybridized carbons (Fsp3) is 0.545. The van der Waals surface area contributed by atoms with Crippen molar-refractivity contribution in [1.29, 1.82) is 0 Å². The van der Waals surface area contributed by atoms with E-state index in [0.29, 0.717) is 6.79 Å². The number of halogens is 2. The summed E-state index contributed by atoms with van der Waals surface area (Å²) in [5.41, 5.74) is 0. The van der Waals surface area contributed by atoms with Gasteiger partial charge in [-0.05, 0) is 63.4 Å². The summed E-state index contributed by atoms with van der Waals surface area (Å²) in [6.45, 7) is 8.10. The number of hydrogen-bond acceptors (Lipinski definition) is 3. The van der Waals surface area contributed by atoms with Crippen molar-refractivity contribution in [2.24, 2.45) is 0 Å². The number of rotatable bonds is 6. The van der Waals surface area contributed by atoms with Gasteiger partial charge in [0, 0.05) is 14.7 Å². The van der Waals surface area contributed by atoms with Crippen LogP contribution in [0.15, 0.2) is 12.1 Å². The van der Waals surface area contributed by atoms with E-state index in [1.54, 1.807) is 0 Å². The Kier molecular flexibility index (Phi) is 6.67. The molecule has 3 nitrogen and oxygen atoms in total. The maximum absolute atomic E-state index is 5.53. The molecule has 1 aromatic heterocycles. The predicted octanol–water partition coefficient (Wildman–Crippen LogP) is 3.98. The van der Waals surface area contributed by atoms with Crippen LogP contribution in [0.3, 0.4) is 0 Å². The molecule has 0 saturated carbocycles. The van der Waals surface area contributed by atoms with E-state index in [1.807, 2.05) is 12.1 Å². The number of pyridine rings is 1. The van der Waals surface area contributed by atoms with E-state index in [9.17, 15) is 0 Å². The molecule has 0 aliphatic heterocycles. The second-order valence-corrected chi connectivity index (χ2v) is 12.7. The zero-order chi connectivity index (χ0) is 12.9. The van der Waals surface area contributed by atoms with Crippen LogP contribution in [0.5, 0.6) is 5.75 Å². The zero-order valence-corrected chi connectivity index (χ0v) is 15.6. The van der Waals surface area contributed by atoms with Crippen molar-refractivity contribution in [3.63, 3.8) is 0 Å². The second kappa shape index (κ2) is 7.24. The first-order valence-electron chi connectivity index (χ1n) is 5.41. The summed E-state index contributed by atoms with van der Waals surface area (Å²) in [5, 5.41) is 0. The van der Waals surface area contributed by atoms with Gasteiger partial charge in [-0.25, -0.2) is 4.98 Å². The standard InChI is InChI=1S/C11H17I2NO2Si/c1-17(2,3)7-6-15-8-16-9-4-5-10(12)14-11(9)13/h4-5H,6-8H2,1-3H3. The third-order valence-corrected chi connectivity index (χ3v) is 5.15. The molecule has 0 spiro atoms. The van der Waals surface area contributed by atoms with Crippen LogP contribution >= 0.6 is 45.2 Å². The largest absolute Gasteiger partial charge is 0.465 e. The van der Waals surface area contributed by atoms with Crippen molar-refractivity contribution < 1.29 is 9.47 Å². The molecule has 1 heterocycles. The van der Waals surface area contributed by atoms with E-state index < -0.39 is 8.07 Å². The van der Waals surface area contributed by atoms with Gasteiger partial charge >= 0.3 is 0 Å². The van der Waals surface area contributed by atoms with Gasteiger partial charge in [-0.15, -0.1) is 0 Å². The molecular weight excluding hydrogens is 460 g/mol. The topological polar surface area (TPSA) is 31.4 Å². The summed E-state index contributed by atoms with van der Waals surface area (Å²) in [6, 6.07) is 5.02. The predicted molar refractivity (Wildman–Crippen MR) is 89.3 cm³/mol. The van der Waals surface area contributed by atoms with Gasteiger partial charge in [-0.3, -0.25) is 0 Å². The monoisotopic (exact) mass is 477 g/mol. The minimum Gasteiger partial charge on any atom is -0.465 e. The molecule has 0 aliphatic rings. The molecule has 1 rings (SSSR count). The minimum absolute atomic E-state index is 0.308. The third-order valence-electron chi connectivity index (χ3n) is 2.07. The molecule has 0 radical (unpaired) electrons. The molecule has 0 aromatic carbocycles. The van der Waals surface area contributed by atoms with Gasteiger partial charge in [-0.1, -0.05) is 19.6 Å². The molecule has 0 bridgehead atoms. The summed E-state index contributed by atoms with van der Waals surface area (Å²) in [6.07, 6.45) is 0. The Hall–Kier alpha value is 0.587. The zero-order valence-electron chi connectivity index (χ0n) is 10.3. The van der Waals surface area contributed by atoms with Crippen LogP contribution < -0.4 is 4.74 Å². The quantitative estimate of drug-likeness (QED) is 0.204. The van der Waals surface area contributed by atoms with Gasteiger partial charge in [0.1, 0.15) is 7.40 Å². The van der Waals surface area contributed by atoms with E-state index in [2.05, 4.69) is 69.8 Å². The van der Waals surface area contributed by atoms with Crippen molar-refractivity contribution in [2.75, 3.05) is 13.4 Å². The summed E-state index contributed by atoms with van der Waals surface area (Å²) in [4.78, 5) is 4.31. The smallest absolute Gasteiger partial charge is 0.189 e. The number of hydrogen-bond donors (Lipinski definition) is 0. The first-order valence-corrected chi connectivity index (χ1v) is 11.3. The molecule has 17 heavy (non-hydrogen) atoms. The Bertz CT molecular complexity index is 369. The van der Waals surface area contributed by atoms with Crippen molar-refractivity contribution >= 4 is 53.3 Å². The van der Waals surface area contributed by atoms with Crippen molar-refractivity contribution in [1.82, 2.24) is 4.98 Å². The highest BCUT2D eigenvalue weighted by atomic mass is 127. The molecule has 0 unspecified atom stereocenters. The van der Waals surface area contributed by atoms with Gasteiger partial charge in [0.25, 0.3) is 0 Å². The molecular formula is C11H17I2NO2Si. The van der Waals surface area contributed by atoms with Crippen LogP contribution in [0, 0.1) is 7.40 Å². The van der Waals surface area contributed by atoms with Crippen molar-refractivity contribution in [3.8, 4) is 5.75 Å². The van der Waals surface area contributed by atoms with E-state index in [0.717, 1.165) is 19.8 Å². The number of nitrogens with zero attached hydrogens (tertiary/aromatic N) is 1. The van der Waals surface area contributed by atoms with Gasteiger partial charge < -0.3 is 9.47 Å². The van der Waals surface area contributed by atoms with Gasteiger partial charge in [-0.2, -0.15) is 0 Å². The normalized spacial score (nSPS) is 11.6. The second-order valence-electron chi connectivity index (χ2n) is 4.90. The van der Waals surface area contributed by atoms with Gasteiger partial charge in [0.15, 0.2) is 12.5 Å². The van der Waals surface area contributed by atoms with E-state index in [4.69, 9.17) is 9.47 Å². The average Bonchev–Trinajstić information content (AvgIpc) is 2.18. The first kappa shape index (κ1) is 15.6. The van der Waals surface area contributed by atoms with Crippen LogP contribution in [0.2, 0.25) is 25.7 Å². The lowest BCUT2D eigenvalue weighted by Crippen LogP contribution is -2.22. The minimum atomic E-state index is -1.00. The Balaban J connectivity index is 2.27. The fourth-order valence-corrected chi connectivity index (χ4v) is 3.28. The summed E-state index contributed by atoms with van der Waals surface area (Å²) >= 11 is 4.35. The summed E-state index contributed by atoms with van der Waals surface area (Å²) in [7, 11) is -1.00. The average molecular weight is 477 g/mol. The number of ether oxygens (including phenoxy) is 2. The lowest BCUT2D eigenvalue weighted by Gasteiger charge is -2.15. The van der Waals surface area contributed by atoms with Gasteiger partial charge in [0.05, 0.1) is 0 Å². The van der Waals surface area contributed by atoms with Crippen LogP contribution in [0.4, 0.5) is 0 Å². The Morgan fingerprint density at radius 1 is 1.24 bits per heavy atom. The van der Waals surface area contributed by atoms with Crippen molar-refractivity contribution in [2.45, 2.75) is 25.7 Å². The SMILES string of the molecule is C[Si](C)(C)CCOCOc1ccc(I)nc1I. The lowest BCUT2D eigenvalue weighted by molar-refractivity contribution is 0.0212. The summed E-state index contributed by atoms with van der Waals surface area (Å²) < 4.78 is 12.9. The number of aromatic nitrogens is 1. The fourth-order valence-electron chi connectivity index (χ4n) is 1.05. The van der Waals surface area contributed by atoms with Crippen LogP contribution in [-0.4, -0.2) is 26.5 Å². The highest BCUT2D eigenvalue weighted by molar-refractivity contribution is 14.1. The Labute approximate surface area is 131 Å². The molecule has 1 aromatic rings. The van der Waals surface area contributed by atoms with Crippen LogP contribution in [0.25, 0.3) is 0 Å². The summed E-state index contributed by atoms with van der Waals surface area (Å²) in [5.74, 6) is 0.791. The van der Waals surface area contributed by atoms with Crippen molar-refractivity contribution in [3.05, 3.63) is 19.5 Å². The van der Waals surface area contributed by atoms with Crippen LogP contribution in [-0.2, 0) is 4.74 Å². The molecule has 96 valence electrons. The lowest BCUT2D eigenvalue weighted by atomic mass is 10.5. The van der Waals surface area contributed by atoms with Crippen LogP contribution in [0.1, 0.15) is 0 Å². The molecule has 0 N–H and O–H groups in total. The van der Waals surface area contributed by atoms with E-state index >= 15 is 0 Å². The van der Waals surface area contributed by atoms with Gasteiger partial charge in [0.2, 0.25) is 0 Å². The molecule has 0 saturated heterocycles. The van der Waals surface area contributed by atoms with E-state index in [-0.39, 0.29) is 0 Å². The maximum Gasteiger partial charge on any atom is 0.189 e. The highest BCUT2D eigenvalue weighted by Gasteiger charge is 2.12. The highest BCUT2D eigenvalue weighted by Crippen LogP contribution is 2.19. The van der Waals surface area contributed by atoms with E-state index in [1.165, 1.54) is 6.04 Å². The molecule has 0 amide bonds. The Morgan fingerprint density at radius 2 is 1.94 bits per heavy atom. The molecule has 0 atom stereocenters. The molecule has 0 aliphatic carbocycles. The maximum atomic E-state index is 5.53. The Morgan fingerprint density at radius 3 is 2.53 bits per heavy atom. The first-order chi connectivity index (χ1) is 7.88. The molecule has 0 fully saturated rings. The molecule has 6 heteroatoms. The third kappa shape index (κ3) is 6.92.